The normalized spacial score (nSPS) is 20.9. The molecule has 0 spiro atoms. The molecule has 34 heavy (non-hydrogen) atoms. The molecular formula is C23H29N5O5S. The maximum absolute atomic E-state index is 13.3. The zero-order chi connectivity index (χ0) is 24.3. The molecule has 4 rings (SSSR count). The Morgan fingerprint density at radius 3 is 2.79 bits per heavy atom. The van der Waals surface area contributed by atoms with Gasteiger partial charge in [-0.25, -0.2) is 18.4 Å². The van der Waals surface area contributed by atoms with Crippen molar-refractivity contribution < 1.29 is 23.1 Å². The van der Waals surface area contributed by atoms with Gasteiger partial charge >= 0.3 is 0 Å². The van der Waals surface area contributed by atoms with Gasteiger partial charge in [-0.15, -0.1) is 0 Å². The fourth-order valence-electron chi connectivity index (χ4n) is 4.41. The highest BCUT2D eigenvalue weighted by atomic mass is 32.2. The van der Waals surface area contributed by atoms with Gasteiger partial charge in [-0.2, -0.15) is 4.31 Å². The van der Waals surface area contributed by atoms with E-state index in [-0.39, 0.29) is 37.1 Å². The summed E-state index contributed by atoms with van der Waals surface area (Å²) in [6.07, 6.45) is 4.04. The number of sulfonamides is 1. The number of hydrogen-bond donors (Lipinski definition) is 3. The first-order chi connectivity index (χ1) is 16.3. The molecule has 2 unspecified atom stereocenters. The van der Waals surface area contributed by atoms with Gasteiger partial charge in [0.05, 0.1) is 24.0 Å². The van der Waals surface area contributed by atoms with Gasteiger partial charge in [0, 0.05) is 37.0 Å². The van der Waals surface area contributed by atoms with E-state index in [2.05, 4.69) is 20.6 Å². The minimum atomic E-state index is -3.95. The molecule has 182 valence electrons. The fourth-order valence-corrected chi connectivity index (χ4v) is 6.00. The lowest BCUT2D eigenvalue weighted by Gasteiger charge is -2.34. The second kappa shape index (κ2) is 10.2. The van der Waals surface area contributed by atoms with Crippen LogP contribution in [0, 0.1) is 6.92 Å². The van der Waals surface area contributed by atoms with Gasteiger partial charge in [0.2, 0.25) is 21.8 Å². The van der Waals surface area contributed by atoms with E-state index in [4.69, 9.17) is 5.11 Å². The number of amides is 2. The standard InChI is InChI=1S/C23H29N5O5S/c1-15-5-7-16(8-6-15)34(32,33)28-11-10-24-23(31)20(28)13-22(30)27-19-4-2-3-18-17(19)14-25-21(26-18)9-12-29/h5-8,14,19-20,29H,2-4,9-13H2,1H3,(H,24,31)(H,27,30). The molecule has 2 aliphatic rings. The molecule has 3 N–H and O–H groups in total. The molecule has 1 aliphatic carbocycles. The number of nitrogens with zero attached hydrogens (tertiary/aromatic N) is 3. The van der Waals surface area contributed by atoms with Crippen molar-refractivity contribution in [3.63, 3.8) is 0 Å². The number of piperazine rings is 1. The summed E-state index contributed by atoms with van der Waals surface area (Å²) in [5.74, 6) is -0.342. The zero-order valence-electron chi connectivity index (χ0n) is 19.0. The number of carbonyl (C=O) groups excluding carboxylic acids is 2. The summed E-state index contributed by atoms with van der Waals surface area (Å²) in [4.78, 5) is 34.5. The number of aliphatic hydroxyl groups excluding tert-OH is 1. The maximum atomic E-state index is 13.3. The molecule has 0 bridgehead atoms. The summed E-state index contributed by atoms with van der Waals surface area (Å²) in [6.45, 7) is 2.10. The summed E-state index contributed by atoms with van der Waals surface area (Å²) in [7, 11) is -3.95. The average molecular weight is 488 g/mol. The highest BCUT2D eigenvalue weighted by molar-refractivity contribution is 7.89. The lowest BCUT2D eigenvalue weighted by Crippen LogP contribution is -2.58. The van der Waals surface area contributed by atoms with Crippen LogP contribution < -0.4 is 10.6 Å². The van der Waals surface area contributed by atoms with Crippen molar-refractivity contribution in [3.05, 3.63) is 53.1 Å². The molecule has 1 saturated heterocycles. The Labute approximate surface area is 198 Å². The molecule has 1 aromatic carbocycles. The van der Waals surface area contributed by atoms with E-state index in [9.17, 15) is 18.0 Å². The molecule has 2 heterocycles. The molecule has 2 atom stereocenters. The number of aromatic nitrogens is 2. The molecular weight excluding hydrogens is 458 g/mol. The predicted octanol–water partition coefficient (Wildman–Crippen LogP) is 0.393. The number of benzene rings is 1. The first-order valence-electron chi connectivity index (χ1n) is 11.4. The lowest BCUT2D eigenvalue weighted by molar-refractivity contribution is -0.132. The summed E-state index contributed by atoms with van der Waals surface area (Å²) >= 11 is 0. The van der Waals surface area contributed by atoms with E-state index < -0.39 is 27.9 Å². The van der Waals surface area contributed by atoms with Crippen molar-refractivity contribution in [3.8, 4) is 0 Å². The first kappa shape index (κ1) is 24.2. The van der Waals surface area contributed by atoms with E-state index in [0.717, 1.165) is 34.0 Å². The average Bonchev–Trinajstić information content (AvgIpc) is 2.81. The predicted molar refractivity (Wildman–Crippen MR) is 123 cm³/mol. The van der Waals surface area contributed by atoms with E-state index in [0.29, 0.717) is 18.7 Å². The topological polar surface area (TPSA) is 142 Å². The van der Waals surface area contributed by atoms with Crippen molar-refractivity contribution in [1.82, 2.24) is 24.9 Å². The first-order valence-corrected chi connectivity index (χ1v) is 12.8. The number of aryl methyl sites for hydroxylation is 2. The Hall–Kier alpha value is -2.89. The van der Waals surface area contributed by atoms with Crippen molar-refractivity contribution >= 4 is 21.8 Å². The van der Waals surface area contributed by atoms with E-state index in [1.54, 1.807) is 18.3 Å². The third-order valence-corrected chi connectivity index (χ3v) is 8.11. The van der Waals surface area contributed by atoms with Gasteiger partial charge in [-0.3, -0.25) is 9.59 Å². The smallest absolute Gasteiger partial charge is 0.243 e. The number of rotatable bonds is 7. The van der Waals surface area contributed by atoms with Crippen LogP contribution in [0.2, 0.25) is 0 Å². The SMILES string of the molecule is Cc1ccc(S(=O)(=O)N2CCNC(=O)C2CC(=O)NC2CCCc3nc(CCO)ncc32)cc1. The number of nitrogens with one attached hydrogen (secondary N) is 2. The minimum Gasteiger partial charge on any atom is -0.396 e. The van der Waals surface area contributed by atoms with Crippen LogP contribution in [0.25, 0.3) is 0 Å². The molecule has 2 aromatic rings. The number of aliphatic hydroxyl groups is 1. The maximum Gasteiger partial charge on any atom is 0.243 e. The molecule has 1 aliphatic heterocycles. The van der Waals surface area contributed by atoms with E-state index in [1.807, 2.05) is 6.92 Å². The van der Waals surface area contributed by atoms with Crippen LogP contribution in [0.4, 0.5) is 0 Å². The second-order valence-corrected chi connectivity index (χ2v) is 10.5. The van der Waals surface area contributed by atoms with Crippen LogP contribution in [0.1, 0.15) is 47.9 Å². The van der Waals surface area contributed by atoms with Crippen LogP contribution in [0.3, 0.4) is 0 Å². The van der Waals surface area contributed by atoms with Gasteiger partial charge in [-0.1, -0.05) is 17.7 Å². The summed E-state index contributed by atoms with van der Waals surface area (Å²) in [6, 6.07) is 4.98. The van der Waals surface area contributed by atoms with Crippen LogP contribution in [0.15, 0.2) is 35.4 Å². The Bertz CT molecular complexity index is 1170. The van der Waals surface area contributed by atoms with Gasteiger partial charge in [0.1, 0.15) is 11.9 Å². The molecule has 0 radical (unpaired) electrons. The molecule has 1 aromatic heterocycles. The van der Waals surface area contributed by atoms with Gasteiger partial charge in [-0.05, 0) is 38.3 Å². The van der Waals surface area contributed by atoms with Crippen molar-refractivity contribution in [2.45, 2.75) is 56.0 Å². The van der Waals surface area contributed by atoms with Gasteiger partial charge in [0.15, 0.2) is 0 Å². The summed E-state index contributed by atoms with van der Waals surface area (Å²) in [5.41, 5.74) is 2.58. The molecule has 11 heteroatoms. The van der Waals surface area contributed by atoms with Crippen molar-refractivity contribution in [2.75, 3.05) is 19.7 Å². The molecule has 2 amide bonds. The Balaban J connectivity index is 1.50. The largest absolute Gasteiger partial charge is 0.396 e. The van der Waals surface area contributed by atoms with Crippen molar-refractivity contribution in [1.29, 1.82) is 0 Å². The number of fused-ring (bicyclic) bond motifs is 1. The number of hydrogen-bond acceptors (Lipinski definition) is 7. The van der Waals surface area contributed by atoms with Crippen molar-refractivity contribution in [2.24, 2.45) is 0 Å². The van der Waals surface area contributed by atoms with Crippen LogP contribution in [-0.4, -0.2) is 65.4 Å². The van der Waals surface area contributed by atoms with Gasteiger partial charge in [0.25, 0.3) is 0 Å². The summed E-state index contributed by atoms with van der Waals surface area (Å²) in [5, 5.41) is 14.7. The Morgan fingerprint density at radius 1 is 1.29 bits per heavy atom. The number of carbonyl (C=O) groups is 2. The van der Waals surface area contributed by atoms with Crippen LogP contribution in [0.5, 0.6) is 0 Å². The van der Waals surface area contributed by atoms with E-state index >= 15 is 0 Å². The molecule has 10 nitrogen and oxygen atoms in total. The second-order valence-electron chi connectivity index (χ2n) is 8.61. The van der Waals surface area contributed by atoms with Crippen LogP contribution in [-0.2, 0) is 32.5 Å². The van der Waals surface area contributed by atoms with Crippen LogP contribution >= 0.6 is 0 Å². The Kier molecular flexibility index (Phi) is 7.24. The summed E-state index contributed by atoms with van der Waals surface area (Å²) < 4.78 is 27.6. The monoisotopic (exact) mass is 487 g/mol. The van der Waals surface area contributed by atoms with E-state index in [1.165, 1.54) is 12.1 Å². The third-order valence-electron chi connectivity index (χ3n) is 6.19. The highest BCUT2D eigenvalue weighted by Crippen LogP contribution is 2.29. The highest BCUT2D eigenvalue weighted by Gasteiger charge is 2.40. The third kappa shape index (κ3) is 5.11. The Morgan fingerprint density at radius 2 is 2.06 bits per heavy atom. The molecule has 0 saturated carbocycles. The fraction of sp³-hybridized carbons (Fsp3) is 0.478. The van der Waals surface area contributed by atoms with Gasteiger partial charge < -0.3 is 15.7 Å². The minimum absolute atomic E-state index is 0.0373. The molecule has 1 fully saturated rings. The zero-order valence-corrected chi connectivity index (χ0v) is 19.8. The lowest BCUT2D eigenvalue weighted by atomic mass is 9.92. The quantitative estimate of drug-likeness (QED) is 0.513.